The summed E-state index contributed by atoms with van der Waals surface area (Å²) in [5.74, 6) is 0. The Kier molecular flexibility index (Phi) is 3.76. The molecule has 1 aliphatic carbocycles. The fourth-order valence-electron chi connectivity index (χ4n) is 2.92. The lowest BCUT2D eigenvalue weighted by molar-refractivity contribution is 0.111. The van der Waals surface area contributed by atoms with Gasteiger partial charge in [-0.05, 0) is 43.4 Å². The molecule has 1 heterocycles. The molecule has 1 aliphatic rings. The second-order valence-electron chi connectivity index (χ2n) is 5.39. The third-order valence-electron chi connectivity index (χ3n) is 3.96. The van der Waals surface area contributed by atoms with Gasteiger partial charge in [0.15, 0.2) is 0 Å². The molecule has 0 amide bonds. The summed E-state index contributed by atoms with van der Waals surface area (Å²) in [5.41, 5.74) is 2.33. The topological polar surface area (TPSA) is 45.1 Å². The predicted molar refractivity (Wildman–Crippen MR) is 76.8 cm³/mol. The van der Waals surface area contributed by atoms with Crippen molar-refractivity contribution in [2.75, 3.05) is 0 Å². The quantitative estimate of drug-likeness (QED) is 0.887. The number of hydrogen-bond donors (Lipinski definition) is 2. The van der Waals surface area contributed by atoms with Crippen molar-refractivity contribution in [2.24, 2.45) is 0 Å². The molecule has 0 spiro atoms. The van der Waals surface area contributed by atoms with Crippen molar-refractivity contribution >= 4 is 10.9 Å². The summed E-state index contributed by atoms with van der Waals surface area (Å²) in [6.45, 7) is 0.848. The number of nitrogens with one attached hydrogen (secondary N) is 1. The third kappa shape index (κ3) is 2.94. The molecule has 3 rings (SSSR count). The van der Waals surface area contributed by atoms with E-state index in [0.29, 0.717) is 6.04 Å². The second-order valence-corrected chi connectivity index (χ2v) is 5.39. The van der Waals surface area contributed by atoms with E-state index < -0.39 is 0 Å². The minimum Gasteiger partial charge on any atom is -0.393 e. The molecule has 3 nitrogen and oxygen atoms in total. The van der Waals surface area contributed by atoms with Crippen molar-refractivity contribution in [3.63, 3.8) is 0 Å². The van der Waals surface area contributed by atoms with Crippen LogP contribution >= 0.6 is 0 Å². The summed E-state index contributed by atoms with van der Waals surface area (Å²) in [5, 5.41) is 14.5. The molecule has 2 atom stereocenters. The van der Waals surface area contributed by atoms with Crippen LogP contribution in [0.3, 0.4) is 0 Å². The molecule has 100 valence electrons. The molecule has 0 bridgehead atoms. The molecule has 0 radical (unpaired) electrons. The van der Waals surface area contributed by atoms with Crippen molar-refractivity contribution in [1.29, 1.82) is 0 Å². The predicted octanol–water partition coefficient (Wildman–Crippen LogP) is 2.63. The highest BCUT2D eigenvalue weighted by atomic mass is 16.3. The molecule has 1 fully saturated rings. The van der Waals surface area contributed by atoms with Crippen LogP contribution in [0.5, 0.6) is 0 Å². The first-order valence-electron chi connectivity index (χ1n) is 7.07. The zero-order valence-corrected chi connectivity index (χ0v) is 11.0. The molecule has 0 aliphatic heterocycles. The van der Waals surface area contributed by atoms with E-state index in [4.69, 9.17) is 0 Å². The average Bonchev–Trinajstić information content (AvgIpc) is 2.45. The molecular formula is C16H20N2O. The second kappa shape index (κ2) is 5.68. The highest BCUT2D eigenvalue weighted by Crippen LogP contribution is 2.20. The van der Waals surface area contributed by atoms with E-state index in [1.165, 1.54) is 17.4 Å². The highest BCUT2D eigenvalue weighted by Gasteiger charge is 2.19. The van der Waals surface area contributed by atoms with E-state index in [0.717, 1.165) is 31.3 Å². The summed E-state index contributed by atoms with van der Waals surface area (Å²) >= 11 is 0. The summed E-state index contributed by atoms with van der Waals surface area (Å²) in [6.07, 6.45) is 5.83. The van der Waals surface area contributed by atoms with Gasteiger partial charge in [0.25, 0.3) is 0 Å². The van der Waals surface area contributed by atoms with Gasteiger partial charge in [0.2, 0.25) is 0 Å². The number of rotatable bonds is 3. The van der Waals surface area contributed by atoms with Gasteiger partial charge >= 0.3 is 0 Å². The van der Waals surface area contributed by atoms with Crippen molar-refractivity contribution in [3.8, 4) is 0 Å². The van der Waals surface area contributed by atoms with Gasteiger partial charge in [0.1, 0.15) is 0 Å². The number of aliphatic hydroxyl groups excluding tert-OH is 1. The number of benzene rings is 1. The number of pyridine rings is 1. The maximum Gasteiger partial charge on any atom is 0.0705 e. The number of aromatic nitrogens is 1. The molecule has 0 saturated heterocycles. The van der Waals surface area contributed by atoms with Crippen LogP contribution in [-0.2, 0) is 6.54 Å². The van der Waals surface area contributed by atoms with Gasteiger partial charge in [-0.3, -0.25) is 4.98 Å². The van der Waals surface area contributed by atoms with Crippen LogP contribution in [0.1, 0.15) is 31.2 Å². The van der Waals surface area contributed by atoms with Gasteiger partial charge in [0.05, 0.1) is 11.6 Å². The fraction of sp³-hybridized carbons (Fsp3) is 0.438. The van der Waals surface area contributed by atoms with Gasteiger partial charge in [0, 0.05) is 24.2 Å². The standard InChI is InChI=1S/C16H20N2O/c19-14-6-2-5-13(10-14)18-11-12-4-1-8-16-15(12)7-3-9-17-16/h1,3-4,7-9,13-14,18-19H,2,5-6,10-11H2/t13-,14+/m0/s1. The minimum absolute atomic E-state index is 0.125. The van der Waals surface area contributed by atoms with Gasteiger partial charge in [-0.25, -0.2) is 0 Å². The van der Waals surface area contributed by atoms with E-state index in [9.17, 15) is 5.11 Å². The highest BCUT2D eigenvalue weighted by molar-refractivity contribution is 5.81. The van der Waals surface area contributed by atoms with E-state index in [1.54, 1.807) is 0 Å². The van der Waals surface area contributed by atoms with Gasteiger partial charge < -0.3 is 10.4 Å². The number of aliphatic hydroxyl groups is 1. The Morgan fingerprint density at radius 3 is 3.05 bits per heavy atom. The number of nitrogens with zero attached hydrogens (tertiary/aromatic N) is 1. The molecule has 1 saturated carbocycles. The van der Waals surface area contributed by atoms with Gasteiger partial charge in [-0.15, -0.1) is 0 Å². The number of fused-ring (bicyclic) bond motifs is 1. The van der Waals surface area contributed by atoms with Crippen LogP contribution in [0, 0.1) is 0 Å². The van der Waals surface area contributed by atoms with Crippen molar-refractivity contribution in [2.45, 2.75) is 44.4 Å². The lowest BCUT2D eigenvalue weighted by Crippen LogP contribution is -2.35. The third-order valence-corrected chi connectivity index (χ3v) is 3.96. The Hall–Kier alpha value is -1.45. The van der Waals surface area contributed by atoms with E-state index in [2.05, 4.69) is 28.5 Å². The molecule has 1 aromatic carbocycles. The molecule has 19 heavy (non-hydrogen) atoms. The Bertz CT molecular complexity index is 550. The number of hydrogen-bond acceptors (Lipinski definition) is 3. The van der Waals surface area contributed by atoms with E-state index in [1.807, 2.05) is 18.3 Å². The Labute approximate surface area is 113 Å². The van der Waals surface area contributed by atoms with Crippen LogP contribution in [0.25, 0.3) is 10.9 Å². The Balaban J connectivity index is 1.71. The van der Waals surface area contributed by atoms with Gasteiger partial charge in [-0.1, -0.05) is 18.2 Å². The van der Waals surface area contributed by atoms with Crippen molar-refractivity contribution in [3.05, 3.63) is 42.1 Å². The van der Waals surface area contributed by atoms with Crippen molar-refractivity contribution in [1.82, 2.24) is 10.3 Å². The summed E-state index contributed by atoms with van der Waals surface area (Å²) in [7, 11) is 0. The smallest absolute Gasteiger partial charge is 0.0705 e. The van der Waals surface area contributed by atoms with Crippen LogP contribution in [-0.4, -0.2) is 22.2 Å². The van der Waals surface area contributed by atoms with E-state index in [-0.39, 0.29) is 6.10 Å². The summed E-state index contributed by atoms with van der Waals surface area (Å²) in [6, 6.07) is 10.8. The lowest BCUT2D eigenvalue weighted by atomic mass is 9.93. The molecular weight excluding hydrogens is 236 g/mol. The first-order valence-corrected chi connectivity index (χ1v) is 7.07. The van der Waals surface area contributed by atoms with Crippen LogP contribution in [0.15, 0.2) is 36.5 Å². The molecule has 2 aromatic rings. The lowest BCUT2D eigenvalue weighted by Gasteiger charge is -2.27. The van der Waals surface area contributed by atoms with Gasteiger partial charge in [-0.2, -0.15) is 0 Å². The SMILES string of the molecule is O[C@@H]1CCC[C@H](NCc2cccc3ncccc23)C1. The molecule has 0 unspecified atom stereocenters. The normalized spacial score (nSPS) is 23.6. The fourth-order valence-corrected chi connectivity index (χ4v) is 2.92. The zero-order valence-electron chi connectivity index (χ0n) is 11.0. The average molecular weight is 256 g/mol. The minimum atomic E-state index is -0.125. The zero-order chi connectivity index (χ0) is 13.1. The first-order chi connectivity index (χ1) is 9.33. The molecule has 3 heteroatoms. The van der Waals surface area contributed by atoms with Crippen LogP contribution < -0.4 is 5.32 Å². The van der Waals surface area contributed by atoms with Crippen LogP contribution in [0.2, 0.25) is 0 Å². The van der Waals surface area contributed by atoms with Crippen LogP contribution in [0.4, 0.5) is 0 Å². The van der Waals surface area contributed by atoms with E-state index >= 15 is 0 Å². The monoisotopic (exact) mass is 256 g/mol. The Morgan fingerprint density at radius 1 is 1.21 bits per heavy atom. The summed E-state index contributed by atoms with van der Waals surface area (Å²) in [4.78, 5) is 4.38. The maximum atomic E-state index is 9.70. The van der Waals surface area contributed by atoms with Crippen molar-refractivity contribution < 1.29 is 5.11 Å². The largest absolute Gasteiger partial charge is 0.393 e. The molecule has 1 aromatic heterocycles. The molecule has 2 N–H and O–H groups in total. The first kappa shape index (κ1) is 12.6. The Morgan fingerprint density at radius 2 is 2.16 bits per heavy atom. The summed E-state index contributed by atoms with van der Waals surface area (Å²) < 4.78 is 0. The maximum absolute atomic E-state index is 9.70.